The summed E-state index contributed by atoms with van der Waals surface area (Å²) in [6, 6.07) is 7.78. The predicted molar refractivity (Wildman–Crippen MR) is 104 cm³/mol. The highest BCUT2D eigenvalue weighted by Gasteiger charge is 2.18. The van der Waals surface area contributed by atoms with Gasteiger partial charge in [0.15, 0.2) is 5.82 Å². The fraction of sp³-hybridized carbons (Fsp3) is 0.500. The molecule has 0 spiro atoms. The second-order valence-corrected chi connectivity index (χ2v) is 6.67. The minimum atomic E-state index is 0.202. The van der Waals surface area contributed by atoms with Gasteiger partial charge in [-0.15, -0.1) is 0 Å². The number of aromatic nitrogens is 2. The SMILES string of the molecule is CCCCOc1ccc(Nc2ncnc(OC3CCCCC3)c2N)cc1. The number of hydrogen-bond donors (Lipinski definition) is 2. The van der Waals surface area contributed by atoms with Gasteiger partial charge in [-0.25, -0.2) is 4.98 Å². The molecule has 2 aromatic rings. The van der Waals surface area contributed by atoms with Crippen LogP contribution in [0.15, 0.2) is 30.6 Å². The maximum absolute atomic E-state index is 6.22. The fourth-order valence-corrected chi connectivity index (χ4v) is 3.02. The first kappa shape index (κ1) is 18.3. The molecule has 0 unspecified atom stereocenters. The molecule has 1 saturated carbocycles. The Morgan fingerprint density at radius 1 is 1.12 bits per heavy atom. The Labute approximate surface area is 155 Å². The predicted octanol–water partition coefficient (Wildman–Crippen LogP) is 4.69. The molecule has 0 amide bonds. The van der Waals surface area contributed by atoms with E-state index < -0.39 is 0 Å². The Hall–Kier alpha value is -2.50. The molecule has 1 aromatic carbocycles. The van der Waals surface area contributed by atoms with Gasteiger partial charge in [-0.05, 0) is 56.4 Å². The summed E-state index contributed by atoms with van der Waals surface area (Å²) < 4.78 is 11.7. The zero-order chi connectivity index (χ0) is 18.2. The Bertz CT molecular complexity index is 685. The van der Waals surface area contributed by atoms with E-state index in [1.54, 1.807) is 0 Å². The molecule has 0 saturated heterocycles. The Kier molecular flexibility index (Phi) is 6.52. The number of nitrogens with two attached hydrogens (primary N) is 1. The summed E-state index contributed by atoms with van der Waals surface area (Å²) in [5, 5.41) is 3.23. The van der Waals surface area contributed by atoms with Crippen molar-refractivity contribution in [3.63, 3.8) is 0 Å². The van der Waals surface area contributed by atoms with Gasteiger partial charge in [-0.3, -0.25) is 0 Å². The molecule has 1 fully saturated rings. The van der Waals surface area contributed by atoms with Crippen molar-refractivity contribution in [1.29, 1.82) is 0 Å². The summed E-state index contributed by atoms with van der Waals surface area (Å²) in [6.45, 7) is 2.89. The number of hydrogen-bond acceptors (Lipinski definition) is 6. The monoisotopic (exact) mass is 356 g/mol. The zero-order valence-corrected chi connectivity index (χ0v) is 15.4. The summed E-state index contributed by atoms with van der Waals surface area (Å²) in [5.41, 5.74) is 7.56. The molecule has 1 heterocycles. The first-order chi connectivity index (χ1) is 12.8. The molecule has 1 aromatic heterocycles. The van der Waals surface area contributed by atoms with Gasteiger partial charge < -0.3 is 20.5 Å². The van der Waals surface area contributed by atoms with Crippen molar-refractivity contribution in [3.05, 3.63) is 30.6 Å². The number of benzene rings is 1. The first-order valence-electron chi connectivity index (χ1n) is 9.53. The highest BCUT2D eigenvalue weighted by atomic mass is 16.5. The van der Waals surface area contributed by atoms with Crippen LogP contribution in [0.4, 0.5) is 17.2 Å². The van der Waals surface area contributed by atoms with Crippen LogP contribution < -0.4 is 20.5 Å². The summed E-state index contributed by atoms with van der Waals surface area (Å²) in [4.78, 5) is 8.46. The highest BCUT2D eigenvalue weighted by Crippen LogP contribution is 2.31. The molecule has 6 nitrogen and oxygen atoms in total. The largest absolute Gasteiger partial charge is 0.494 e. The average Bonchev–Trinajstić information content (AvgIpc) is 2.67. The second-order valence-electron chi connectivity index (χ2n) is 6.67. The van der Waals surface area contributed by atoms with Crippen molar-refractivity contribution in [2.24, 2.45) is 0 Å². The minimum absolute atomic E-state index is 0.202. The molecule has 0 bridgehead atoms. The van der Waals surface area contributed by atoms with Crippen molar-refractivity contribution >= 4 is 17.2 Å². The maximum atomic E-state index is 6.22. The quantitative estimate of drug-likeness (QED) is 0.668. The molecule has 1 aliphatic carbocycles. The molecule has 0 radical (unpaired) electrons. The van der Waals surface area contributed by atoms with E-state index in [1.165, 1.54) is 25.6 Å². The summed E-state index contributed by atoms with van der Waals surface area (Å²) in [5.74, 6) is 1.89. The van der Waals surface area contributed by atoms with Crippen molar-refractivity contribution in [2.75, 3.05) is 17.7 Å². The van der Waals surface area contributed by atoms with E-state index in [-0.39, 0.29) is 6.10 Å². The number of unbranched alkanes of at least 4 members (excludes halogenated alkanes) is 1. The van der Waals surface area contributed by atoms with Crippen LogP contribution in [0.5, 0.6) is 11.6 Å². The molecular formula is C20H28N4O2. The number of nitrogens with one attached hydrogen (secondary N) is 1. The third-order valence-electron chi connectivity index (χ3n) is 4.56. The van der Waals surface area contributed by atoms with Crippen LogP contribution in [0, 0.1) is 0 Å². The topological polar surface area (TPSA) is 82.3 Å². The number of ether oxygens (including phenoxy) is 2. The lowest BCUT2D eigenvalue weighted by Crippen LogP contribution is -2.21. The van der Waals surface area contributed by atoms with E-state index in [9.17, 15) is 0 Å². The number of nitrogens with zero attached hydrogens (tertiary/aromatic N) is 2. The van der Waals surface area contributed by atoms with Gasteiger partial charge in [-0.2, -0.15) is 4.98 Å². The maximum Gasteiger partial charge on any atom is 0.242 e. The van der Waals surface area contributed by atoms with E-state index in [0.29, 0.717) is 17.4 Å². The first-order valence-corrected chi connectivity index (χ1v) is 9.53. The van der Waals surface area contributed by atoms with E-state index in [4.69, 9.17) is 15.2 Å². The number of nitrogen functional groups attached to an aromatic ring is 1. The lowest BCUT2D eigenvalue weighted by atomic mass is 9.98. The number of rotatable bonds is 8. The van der Waals surface area contributed by atoms with Gasteiger partial charge >= 0.3 is 0 Å². The van der Waals surface area contributed by atoms with Crippen molar-refractivity contribution in [2.45, 2.75) is 58.0 Å². The fourth-order valence-electron chi connectivity index (χ4n) is 3.02. The molecule has 26 heavy (non-hydrogen) atoms. The van der Waals surface area contributed by atoms with Crippen LogP contribution in [0.1, 0.15) is 51.9 Å². The lowest BCUT2D eigenvalue weighted by molar-refractivity contribution is 0.149. The third kappa shape index (κ3) is 5.00. The van der Waals surface area contributed by atoms with Gasteiger partial charge in [0.2, 0.25) is 5.88 Å². The van der Waals surface area contributed by atoms with Crippen LogP contribution >= 0.6 is 0 Å². The minimum Gasteiger partial charge on any atom is -0.494 e. The number of anilines is 3. The third-order valence-corrected chi connectivity index (χ3v) is 4.56. The van der Waals surface area contributed by atoms with Crippen LogP contribution in [0.25, 0.3) is 0 Å². The molecule has 0 atom stereocenters. The Morgan fingerprint density at radius 2 is 1.88 bits per heavy atom. The van der Waals surface area contributed by atoms with Gasteiger partial charge in [0.25, 0.3) is 0 Å². The molecule has 3 rings (SSSR count). The summed E-state index contributed by atoms with van der Waals surface area (Å²) >= 11 is 0. The molecule has 0 aliphatic heterocycles. The summed E-state index contributed by atoms with van der Waals surface area (Å²) in [7, 11) is 0. The molecule has 6 heteroatoms. The standard InChI is InChI=1S/C20H28N4O2/c1-2-3-13-25-16-11-9-15(10-12-16)24-19-18(21)20(23-14-22-19)26-17-7-5-4-6-8-17/h9-12,14,17H,2-8,13,21H2,1H3,(H,22,23,24). The van der Waals surface area contributed by atoms with Crippen LogP contribution in [-0.2, 0) is 0 Å². The summed E-state index contributed by atoms with van der Waals surface area (Å²) in [6.07, 6.45) is 9.67. The van der Waals surface area contributed by atoms with Crippen LogP contribution in [0.3, 0.4) is 0 Å². The molecule has 3 N–H and O–H groups in total. The van der Waals surface area contributed by atoms with E-state index >= 15 is 0 Å². The highest BCUT2D eigenvalue weighted by molar-refractivity contribution is 5.72. The lowest BCUT2D eigenvalue weighted by Gasteiger charge is -2.23. The molecular weight excluding hydrogens is 328 g/mol. The van der Waals surface area contributed by atoms with Gasteiger partial charge in [0.1, 0.15) is 23.9 Å². The zero-order valence-electron chi connectivity index (χ0n) is 15.4. The normalized spacial score (nSPS) is 14.8. The van der Waals surface area contributed by atoms with Crippen LogP contribution in [-0.4, -0.2) is 22.7 Å². The van der Waals surface area contributed by atoms with Crippen molar-refractivity contribution in [1.82, 2.24) is 9.97 Å². The van der Waals surface area contributed by atoms with Crippen molar-refractivity contribution < 1.29 is 9.47 Å². The van der Waals surface area contributed by atoms with E-state index in [1.807, 2.05) is 24.3 Å². The van der Waals surface area contributed by atoms with Gasteiger partial charge in [0.05, 0.1) is 6.61 Å². The second kappa shape index (κ2) is 9.27. The Balaban J connectivity index is 1.63. The smallest absolute Gasteiger partial charge is 0.242 e. The van der Waals surface area contributed by atoms with E-state index in [0.717, 1.165) is 43.7 Å². The average molecular weight is 356 g/mol. The van der Waals surface area contributed by atoms with Gasteiger partial charge in [0, 0.05) is 5.69 Å². The molecule has 140 valence electrons. The van der Waals surface area contributed by atoms with Gasteiger partial charge in [-0.1, -0.05) is 19.8 Å². The van der Waals surface area contributed by atoms with Crippen molar-refractivity contribution in [3.8, 4) is 11.6 Å². The van der Waals surface area contributed by atoms with E-state index in [2.05, 4.69) is 22.2 Å². The van der Waals surface area contributed by atoms with Crippen LogP contribution in [0.2, 0.25) is 0 Å². The molecule has 1 aliphatic rings. The Morgan fingerprint density at radius 3 is 2.62 bits per heavy atom.